The van der Waals surface area contributed by atoms with E-state index in [0.29, 0.717) is 32.0 Å². The van der Waals surface area contributed by atoms with Gasteiger partial charge in [0.1, 0.15) is 5.82 Å². The number of carbonyl (C=O) groups is 2. The molecular formula is C18H24FN3O2. The van der Waals surface area contributed by atoms with E-state index in [1.807, 2.05) is 6.07 Å². The van der Waals surface area contributed by atoms with Crippen molar-refractivity contribution < 1.29 is 14.0 Å². The second-order valence-corrected chi connectivity index (χ2v) is 6.66. The molecule has 2 fully saturated rings. The molecule has 1 aromatic rings. The minimum absolute atomic E-state index is 0.0682. The monoisotopic (exact) mass is 333 g/mol. The number of rotatable bonds is 5. The van der Waals surface area contributed by atoms with Crippen LogP contribution in [-0.4, -0.2) is 54.3 Å². The van der Waals surface area contributed by atoms with Gasteiger partial charge >= 0.3 is 0 Å². The molecule has 2 heterocycles. The number of amides is 2. The summed E-state index contributed by atoms with van der Waals surface area (Å²) < 4.78 is 13.2. The fourth-order valence-electron chi connectivity index (χ4n) is 3.39. The summed E-state index contributed by atoms with van der Waals surface area (Å²) >= 11 is 0. The molecule has 0 aromatic heterocycles. The Kier molecular flexibility index (Phi) is 5.45. The zero-order valence-electron chi connectivity index (χ0n) is 13.8. The third-order valence-corrected chi connectivity index (χ3v) is 4.86. The van der Waals surface area contributed by atoms with E-state index >= 15 is 0 Å². The summed E-state index contributed by atoms with van der Waals surface area (Å²) in [4.78, 5) is 27.9. The molecule has 130 valence electrons. The van der Waals surface area contributed by atoms with E-state index < -0.39 is 0 Å². The van der Waals surface area contributed by atoms with E-state index in [1.54, 1.807) is 15.9 Å². The van der Waals surface area contributed by atoms with E-state index in [0.717, 1.165) is 31.5 Å². The largest absolute Gasteiger partial charge is 0.335 e. The van der Waals surface area contributed by atoms with Gasteiger partial charge in [0, 0.05) is 26.1 Å². The minimum Gasteiger partial charge on any atom is -0.335 e. The number of carbonyl (C=O) groups excluding carboxylic acids is 2. The summed E-state index contributed by atoms with van der Waals surface area (Å²) in [5.74, 6) is 0.288. The first-order valence-corrected chi connectivity index (χ1v) is 8.62. The summed E-state index contributed by atoms with van der Waals surface area (Å²) in [6.07, 6.45) is 2.54. The molecule has 1 N–H and O–H groups in total. The molecule has 6 heteroatoms. The molecule has 1 unspecified atom stereocenters. The Morgan fingerprint density at radius 1 is 1.33 bits per heavy atom. The van der Waals surface area contributed by atoms with Crippen molar-refractivity contribution >= 4 is 11.8 Å². The quantitative estimate of drug-likeness (QED) is 0.886. The predicted octanol–water partition coefficient (Wildman–Crippen LogP) is 1.39. The van der Waals surface area contributed by atoms with Gasteiger partial charge in [-0.25, -0.2) is 4.39 Å². The van der Waals surface area contributed by atoms with E-state index in [2.05, 4.69) is 5.32 Å². The van der Waals surface area contributed by atoms with Gasteiger partial charge in [0.05, 0.1) is 6.54 Å². The summed E-state index contributed by atoms with van der Waals surface area (Å²) in [7, 11) is 0. The van der Waals surface area contributed by atoms with Crippen LogP contribution in [0, 0.1) is 11.7 Å². The SMILES string of the molecule is O=C(CCC1CCNC1)N1CCN(Cc2cccc(F)c2)C(=O)C1. The van der Waals surface area contributed by atoms with Gasteiger partial charge in [-0.15, -0.1) is 0 Å². The number of halogens is 1. The lowest BCUT2D eigenvalue weighted by molar-refractivity contribution is -0.145. The van der Waals surface area contributed by atoms with Crippen LogP contribution in [0.3, 0.4) is 0 Å². The van der Waals surface area contributed by atoms with Crippen molar-refractivity contribution in [3.63, 3.8) is 0 Å². The van der Waals surface area contributed by atoms with Gasteiger partial charge in [0.2, 0.25) is 11.8 Å². The second-order valence-electron chi connectivity index (χ2n) is 6.66. The molecule has 0 saturated carbocycles. The lowest BCUT2D eigenvalue weighted by Gasteiger charge is -2.34. The molecule has 0 aliphatic carbocycles. The third-order valence-electron chi connectivity index (χ3n) is 4.86. The van der Waals surface area contributed by atoms with Gasteiger partial charge in [-0.3, -0.25) is 9.59 Å². The molecule has 2 saturated heterocycles. The molecular weight excluding hydrogens is 309 g/mol. The van der Waals surface area contributed by atoms with Crippen molar-refractivity contribution in [1.82, 2.24) is 15.1 Å². The molecule has 1 atom stereocenters. The summed E-state index contributed by atoms with van der Waals surface area (Å²) in [6.45, 7) is 3.63. The average molecular weight is 333 g/mol. The number of hydrogen-bond acceptors (Lipinski definition) is 3. The Morgan fingerprint density at radius 3 is 2.92 bits per heavy atom. The Bertz CT molecular complexity index is 602. The number of nitrogens with zero attached hydrogens (tertiary/aromatic N) is 2. The Hall–Kier alpha value is -1.95. The van der Waals surface area contributed by atoms with Crippen molar-refractivity contribution in [2.24, 2.45) is 5.92 Å². The van der Waals surface area contributed by atoms with Crippen molar-refractivity contribution in [3.05, 3.63) is 35.6 Å². The first-order valence-electron chi connectivity index (χ1n) is 8.62. The molecule has 2 aliphatic heterocycles. The molecule has 3 rings (SSSR count). The third kappa shape index (κ3) is 4.32. The Labute approximate surface area is 141 Å². The first-order chi connectivity index (χ1) is 11.6. The van der Waals surface area contributed by atoms with Gasteiger partial charge < -0.3 is 15.1 Å². The summed E-state index contributed by atoms with van der Waals surface area (Å²) in [5, 5.41) is 3.30. The Balaban J connectivity index is 1.47. The number of piperazine rings is 1. The zero-order chi connectivity index (χ0) is 16.9. The summed E-state index contributed by atoms with van der Waals surface area (Å²) in [6, 6.07) is 6.29. The van der Waals surface area contributed by atoms with Crippen LogP contribution in [0.1, 0.15) is 24.8 Å². The van der Waals surface area contributed by atoms with E-state index in [-0.39, 0.29) is 24.2 Å². The van der Waals surface area contributed by atoms with Crippen LogP contribution in [0.25, 0.3) is 0 Å². The van der Waals surface area contributed by atoms with Crippen LogP contribution < -0.4 is 5.32 Å². The number of benzene rings is 1. The van der Waals surface area contributed by atoms with Crippen molar-refractivity contribution in [2.45, 2.75) is 25.8 Å². The number of nitrogens with one attached hydrogen (secondary N) is 1. The normalized spacial score (nSPS) is 21.4. The van der Waals surface area contributed by atoms with Crippen LogP contribution in [0.5, 0.6) is 0 Å². The lowest BCUT2D eigenvalue weighted by Crippen LogP contribution is -2.51. The van der Waals surface area contributed by atoms with Gasteiger partial charge in [-0.1, -0.05) is 12.1 Å². The van der Waals surface area contributed by atoms with Crippen LogP contribution in [0.2, 0.25) is 0 Å². The van der Waals surface area contributed by atoms with E-state index in [4.69, 9.17) is 0 Å². The minimum atomic E-state index is -0.296. The second kappa shape index (κ2) is 7.75. The van der Waals surface area contributed by atoms with Crippen LogP contribution in [0.4, 0.5) is 4.39 Å². The average Bonchev–Trinajstić information content (AvgIpc) is 3.08. The van der Waals surface area contributed by atoms with Gasteiger partial charge in [0.25, 0.3) is 0 Å². The van der Waals surface area contributed by atoms with Gasteiger partial charge in [0.15, 0.2) is 0 Å². The highest BCUT2D eigenvalue weighted by Crippen LogP contribution is 2.17. The fourth-order valence-corrected chi connectivity index (χ4v) is 3.39. The fraction of sp³-hybridized carbons (Fsp3) is 0.556. The lowest BCUT2D eigenvalue weighted by atomic mass is 10.0. The van der Waals surface area contributed by atoms with Crippen molar-refractivity contribution in [1.29, 1.82) is 0 Å². The molecule has 5 nitrogen and oxygen atoms in total. The maximum atomic E-state index is 13.2. The topological polar surface area (TPSA) is 52.7 Å². The van der Waals surface area contributed by atoms with E-state index in [9.17, 15) is 14.0 Å². The van der Waals surface area contributed by atoms with Crippen LogP contribution in [0.15, 0.2) is 24.3 Å². The highest BCUT2D eigenvalue weighted by molar-refractivity contribution is 5.86. The van der Waals surface area contributed by atoms with E-state index in [1.165, 1.54) is 12.1 Å². The molecule has 0 spiro atoms. The summed E-state index contributed by atoms with van der Waals surface area (Å²) in [5.41, 5.74) is 0.775. The van der Waals surface area contributed by atoms with Crippen LogP contribution in [-0.2, 0) is 16.1 Å². The van der Waals surface area contributed by atoms with Crippen molar-refractivity contribution in [2.75, 3.05) is 32.7 Å². The molecule has 1 aromatic carbocycles. The van der Waals surface area contributed by atoms with Gasteiger partial charge in [-0.2, -0.15) is 0 Å². The maximum Gasteiger partial charge on any atom is 0.242 e. The highest BCUT2D eigenvalue weighted by atomic mass is 19.1. The smallest absolute Gasteiger partial charge is 0.242 e. The molecule has 24 heavy (non-hydrogen) atoms. The molecule has 2 amide bonds. The molecule has 2 aliphatic rings. The predicted molar refractivity (Wildman–Crippen MR) is 88.6 cm³/mol. The highest BCUT2D eigenvalue weighted by Gasteiger charge is 2.27. The van der Waals surface area contributed by atoms with Gasteiger partial charge in [-0.05, 0) is 49.5 Å². The molecule has 0 radical (unpaired) electrons. The standard InChI is InChI=1S/C18H24FN3O2/c19-16-3-1-2-15(10-16)12-21-8-9-22(13-18(21)24)17(23)5-4-14-6-7-20-11-14/h1-3,10,14,20H,4-9,11-13H2. The zero-order valence-corrected chi connectivity index (χ0v) is 13.8. The van der Waals surface area contributed by atoms with Crippen molar-refractivity contribution in [3.8, 4) is 0 Å². The van der Waals surface area contributed by atoms with Crippen LogP contribution >= 0.6 is 0 Å². The maximum absolute atomic E-state index is 13.2. The number of hydrogen-bond donors (Lipinski definition) is 1. The Morgan fingerprint density at radius 2 is 2.21 bits per heavy atom. The molecule has 0 bridgehead atoms. The first kappa shape index (κ1) is 16.9.